The fraction of sp³-hybridized carbons (Fsp3) is 0.562. The van der Waals surface area contributed by atoms with Gasteiger partial charge in [-0.15, -0.1) is 0 Å². The third kappa shape index (κ3) is 10.3. The number of halogens is 4. The summed E-state index contributed by atoms with van der Waals surface area (Å²) in [5.74, 6) is -2.33. The number of carbonyl (C=O) groups excluding carboxylic acids is 2. The van der Waals surface area contributed by atoms with Crippen LogP contribution >= 0.6 is 0 Å². The molecule has 4 nitrogen and oxygen atoms in total. The first-order valence-corrected chi connectivity index (χ1v) is 14.5. The Morgan fingerprint density at radius 3 is 1.65 bits per heavy atom. The van der Waals surface area contributed by atoms with Crippen LogP contribution in [0.25, 0.3) is 0 Å². The van der Waals surface area contributed by atoms with Crippen molar-refractivity contribution in [3.63, 3.8) is 0 Å². The Morgan fingerprint density at radius 2 is 1.15 bits per heavy atom. The molecule has 224 valence electrons. The van der Waals surface area contributed by atoms with Crippen molar-refractivity contribution in [3.8, 4) is 0 Å². The Balaban J connectivity index is 0.000000401. The van der Waals surface area contributed by atoms with Crippen LogP contribution in [0, 0.1) is 28.7 Å². The zero-order valence-electron chi connectivity index (χ0n) is 23.7. The zero-order chi connectivity index (χ0) is 29.2. The van der Waals surface area contributed by atoms with Crippen molar-refractivity contribution in [1.29, 1.82) is 0 Å². The fourth-order valence-electron chi connectivity index (χ4n) is 5.72. The van der Waals surface area contributed by atoms with Crippen molar-refractivity contribution in [1.82, 2.24) is 10.6 Å². The van der Waals surface area contributed by atoms with Gasteiger partial charge in [-0.1, -0.05) is 45.4 Å². The van der Waals surface area contributed by atoms with Crippen LogP contribution in [-0.4, -0.2) is 23.9 Å². The van der Waals surface area contributed by atoms with E-state index in [1.807, 2.05) is 6.92 Å². The average molecular weight is 567 g/mol. The van der Waals surface area contributed by atoms with E-state index in [0.717, 1.165) is 63.5 Å². The second-order valence-electron chi connectivity index (χ2n) is 11.9. The molecule has 4 rings (SSSR count). The maximum Gasteiger partial charge on any atom is 0.225 e. The van der Waals surface area contributed by atoms with Crippen molar-refractivity contribution >= 4 is 11.8 Å². The molecule has 2 amide bonds. The van der Waals surface area contributed by atoms with Gasteiger partial charge in [0.15, 0.2) is 0 Å². The second kappa shape index (κ2) is 14.6. The highest BCUT2D eigenvalue weighted by Gasteiger charge is 2.34. The molecule has 0 saturated heterocycles. The van der Waals surface area contributed by atoms with Crippen molar-refractivity contribution in [2.75, 3.05) is 6.54 Å². The van der Waals surface area contributed by atoms with Gasteiger partial charge in [0, 0.05) is 38.9 Å². The van der Waals surface area contributed by atoms with Gasteiger partial charge < -0.3 is 10.6 Å². The molecule has 0 radical (unpaired) electrons. The van der Waals surface area contributed by atoms with Gasteiger partial charge in [-0.3, -0.25) is 9.59 Å². The van der Waals surface area contributed by atoms with E-state index in [4.69, 9.17) is 0 Å². The van der Waals surface area contributed by atoms with Crippen LogP contribution in [-0.2, 0) is 22.4 Å². The van der Waals surface area contributed by atoms with Gasteiger partial charge in [-0.2, -0.15) is 0 Å². The van der Waals surface area contributed by atoms with E-state index < -0.39 is 23.3 Å². The van der Waals surface area contributed by atoms with E-state index in [-0.39, 0.29) is 32.0 Å². The topological polar surface area (TPSA) is 58.2 Å². The van der Waals surface area contributed by atoms with Crippen LogP contribution in [0.2, 0.25) is 0 Å². The minimum atomic E-state index is -0.598. The maximum atomic E-state index is 13.0. The number of amides is 2. The lowest BCUT2D eigenvalue weighted by Crippen LogP contribution is -2.47. The standard InChI is InChI=1S/2C16H21F2NO.2H2/c1-16(7-3-2-4-8-16)19-15(20)6-5-12-9-13(17)11-14(18)10-12;1-16(6-3-2-4-7-16)15(20)19-8-5-12-9-13(17)11-14(18)10-12;;/h2*9-11H,2-8H2,1H3,(H,19,20);2*1H. The summed E-state index contributed by atoms with van der Waals surface area (Å²) in [6.45, 7) is 4.49. The molecule has 2 saturated carbocycles. The summed E-state index contributed by atoms with van der Waals surface area (Å²) >= 11 is 0. The van der Waals surface area contributed by atoms with E-state index in [1.165, 1.54) is 37.1 Å². The van der Waals surface area contributed by atoms with Gasteiger partial charge >= 0.3 is 0 Å². The molecule has 2 aromatic rings. The number of nitrogens with one attached hydrogen (secondary N) is 2. The monoisotopic (exact) mass is 566 g/mol. The predicted molar refractivity (Wildman–Crippen MR) is 153 cm³/mol. The van der Waals surface area contributed by atoms with E-state index in [1.54, 1.807) is 0 Å². The highest BCUT2D eigenvalue weighted by atomic mass is 19.1. The summed E-state index contributed by atoms with van der Waals surface area (Å²) in [6, 6.07) is 6.85. The van der Waals surface area contributed by atoms with E-state index >= 15 is 0 Å². The summed E-state index contributed by atoms with van der Waals surface area (Å²) < 4.78 is 52.2. The normalized spacial score (nSPS) is 17.8. The van der Waals surface area contributed by atoms with Crippen molar-refractivity contribution < 1.29 is 30.0 Å². The summed E-state index contributed by atoms with van der Waals surface area (Å²) in [7, 11) is 0. The van der Waals surface area contributed by atoms with Crippen molar-refractivity contribution in [2.24, 2.45) is 5.41 Å². The Morgan fingerprint density at radius 1 is 0.700 bits per heavy atom. The summed E-state index contributed by atoms with van der Waals surface area (Å²) in [6.07, 6.45) is 11.8. The first-order chi connectivity index (χ1) is 19.0. The van der Waals surface area contributed by atoms with Crippen molar-refractivity contribution in [3.05, 3.63) is 70.8 Å². The molecule has 0 aromatic heterocycles. The third-order valence-electron chi connectivity index (χ3n) is 8.09. The predicted octanol–water partition coefficient (Wildman–Crippen LogP) is 7.82. The molecule has 0 heterocycles. The summed E-state index contributed by atoms with van der Waals surface area (Å²) in [5.41, 5.74) is 0.705. The van der Waals surface area contributed by atoms with Gasteiger partial charge in [-0.25, -0.2) is 17.6 Å². The van der Waals surface area contributed by atoms with Gasteiger partial charge in [-0.05, 0) is 80.8 Å². The van der Waals surface area contributed by atoms with E-state index in [2.05, 4.69) is 17.6 Å². The molecule has 0 aliphatic heterocycles. The first kappa shape index (κ1) is 31.6. The smallest absolute Gasteiger partial charge is 0.225 e. The molecule has 2 N–H and O–H groups in total. The number of carbonyl (C=O) groups is 2. The van der Waals surface area contributed by atoms with Crippen LogP contribution in [0.4, 0.5) is 17.6 Å². The quantitative estimate of drug-likeness (QED) is 0.320. The molecule has 0 atom stereocenters. The molecule has 2 aliphatic carbocycles. The largest absolute Gasteiger partial charge is 0.355 e. The molecule has 40 heavy (non-hydrogen) atoms. The van der Waals surface area contributed by atoms with Crippen LogP contribution in [0.15, 0.2) is 36.4 Å². The second-order valence-corrected chi connectivity index (χ2v) is 11.9. The van der Waals surface area contributed by atoms with Crippen LogP contribution < -0.4 is 10.6 Å². The Hall–Kier alpha value is -2.90. The number of rotatable bonds is 8. The number of aryl methyl sites for hydroxylation is 1. The van der Waals surface area contributed by atoms with Gasteiger partial charge in [0.2, 0.25) is 11.8 Å². The molecule has 8 heteroatoms. The Kier molecular flexibility index (Phi) is 11.6. The minimum absolute atomic E-state index is 0. The van der Waals surface area contributed by atoms with E-state index in [9.17, 15) is 27.2 Å². The summed E-state index contributed by atoms with van der Waals surface area (Å²) in [4.78, 5) is 24.1. The Bertz CT molecular complexity index is 1110. The van der Waals surface area contributed by atoms with Gasteiger partial charge in [0.25, 0.3) is 0 Å². The number of hydrogen-bond acceptors (Lipinski definition) is 2. The van der Waals surface area contributed by atoms with Crippen LogP contribution in [0.3, 0.4) is 0 Å². The molecule has 2 aliphatic rings. The average Bonchev–Trinajstić information content (AvgIpc) is 2.87. The molecular weight excluding hydrogens is 520 g/mol. The SMILES string of the molecule is CC1(C(=O)NCCc2cc(F)cc(F)c2)CCCCC1.CC1(NC(=O)CCc2cc(F)cc(F)c2)CCCCC1.[HH].[HH]. The third-order valence-corrected chi connectivity index (χ3v) is 8.09. The minimum Gasteiger partial charge on any atom is -0.355 e. The fourth-order valence-corrected chi connectivity index (χ4v) is 5.72. The van der Waals surface area contributed by atoms with Crippen LogP contribution in [0.1, 0.15) is 98.5 Å². The van der Waals surface area contributed by atoms with Gasteiger partial charge in [0.05, 0.1) is 0 Å². The lowest BCUT2D eigenvalue weighted by atomic mass is 9.75. The highest BCUT2D eigenvalue weighted by Crippen LogP contribution is 2.35. The molecular formula is C32H46F4N2O2. The zero-order valence-corrected chi connectivity index (χ0v) is 23.7. The van der Waals surface area contributed by atoms with Gasteiger partial charge in [0.1, 0.15) is 23.3 Å². The highest BCUT2D eigenvalue weighted by molar-refractivity contribution is 5.82. The van der Waals surface area contributed by atoms with E-state index in [0.29, 0.717) is 30.5 Å². The molecule has 2 fully saturated rings. The van der Waals surface area contributed by atoms with Crippen molar-refractivity contribution in [2.45, 2.75) is 103 Å². The molecule has 0 spiro atoms. The number of hydrogen-bond donors (Lipinski definition) is 2. The molecule has 2 aromatic carbocycles. The lowest BCUT2D eigenvalue weighted by molar-refractivity contribution is -0.131. The first-order valence-electron chi connectivity index (χ1n) is 14.5. The summed E-state index contributed by atoms with van der Waals surface area (Å²) in [5, 5.41) is 5.96. The lowest BCUT2D eigenvalue weighted by Gasteiger charge is -2.34. The molecule has 0 bridgehead atoms. The Labute approximate surface area is 238 Å². The maximum absolute atomic E-state index is 13.0. The number of benzene rings is 2. The molecule has 0 unspecified atom stereocenters. The van der Waals surface area contributed by atoms with Crippen LogP contribution in [0.5, 0.6) is 0 Å².